The quantitative estimate of drug-likeness (QED) is 0.813. The number of amides is 1. The maximum atomic E-state index is 12.5. The van der Waals surface area contributed by atoms with E-state index in [4.69, 9.17) is 4.74 Å². The summed E-state index contributed by atoms with van der Waals surface area (Å²) in [4.78, 5) is 17.2. The Hall–Kier alpha value is -1.79. The summed E-state index contributed by atoms with van der Waals surface area (Å²) in [5, 5.41) is 6.79. The molecule has 2 aliphatic heterocycles. The summed E-state index contributed by atoms with van der Waals surface area (Å²) in [6.07, 6.45) is 3.14. The molecular weight excluding hydrogens is 328 g/mol. The van der Waals surface area contributed by atoms with Gasteiger partial charge in [-0.1, -0.05) is 31.9 Å². The molecule has 2 heterocycles. The van der Waals surface area contributed by atoms with Gasteiger partial charge in [0.05, 0.1) is 18.7 Å². The molecule has 0 aliphatic carbocycles. The summed E-state index contributed by atoms with van der Waals surface area (Å²) in [7, 11) is 1.72. The maximum Gasteiger partial charge on any atom is 0.226 e. The first-order chi connectivity index (χ1) is 12.6. The van der Waals surface area contributed by atoms with Gasteiger partial charge >= 0.3 is 0 Å². The van der Waals surface area contributed by atoms with Gasteiger partial charge in [0.1, 0.15) is 12.0 Å². The molecule has 26 heavy (non-hydrogen) atoms. The van der Waals surface area contributed by atoms with Gasteiger partial charge in [0, 0.05) is 32.2 Å². The van der Waals surface area contributed by atoms with Gasteiger partial charge in [0.2, 0.25) is 5.91 Å². The first-order valence-electron chi connectivity index (χ1n) is 9.82. The third kappa shape index (κ3) is 4.13. The molecule has 2 N–H and O–H groups in total. The van der Waals surface area contributed by atoms with Crippen LogP contribution in [0, 0.1) is 5.92 Å². The minimum absolute atomic E-state index is 0.0600. The van der Waals surface area contributed by atoms with Gasteiger partial charge in [0.25, 0.3) is 0 Å². The summed E-state index contributed by atoms with van der Waals surface area (Å²) in [6, 6.07) is 8.37. The predicted octanol–water partition coefficient (Wildman–Crippen LogP) is 2.02. The van der Waals surface area contributed by atoms with E-state index in [1.165, 1.54) is 0 Å². The first-order valence-corrected chi connectivity index (χ1v) is 9.82. The van der Waals surface area contributed by atoms with Crippen molar-refractivity contribution in [2.45, 2.75) is 45.4 Å². The van der Waals surface area contributed by atoms with Crippen molar-refractivity contribution in [3.8, 4) is 5.75 Å². The van der Waals surface area contributed by atoms with Crippen LogP contribution in [-0.2, 0) is 4.79 Å². The highest BCUT2D eigenvalue weighted by molar-refractivity contribution is 5.80. The van der Waals surface area contributed by atoms with Crippen molar-refractivity contribution in [2.24, 2.45) is 5.92 Å². The van der Waals surface area contributed by atoms with E-state index in [1.807, 2.05) is 18.2 Å². The van der Waals surface area contributed by atoms with E-state index in [9.17, 15) is 4.79 Å². The lowest BCUT2D eigenvalue weighted by Crippen LogP contribution is -2.68. The lowest BCUT2D eigenvalue weighted by molar-refractivity contribution is -0.132. The van der Waals surface area contributed by atoms with E-state index in [0.29, 0.717) is 0 Å². The van der Waals surface area contributed by atoms with Crippen LogP contribution < -0.4 is 20.3 Å². The third-order valence-electron chi connectivity index (χ3n) is 5.61. The number of nitrogens with zero attached hydrogens (tertiary/aromatic N) is 2. The third-order valence-corrected chi connectivity index (χ3v) is 5.61. The number of piperazine rings is 1. The van der Waals surface area contributed by atoms with Gasteiger partial charge < -0.3 is 15.0 Å². The van der Waals surface area contributed by atoms with E-state index in [1.54, 1.807) is 7.11 Å². The molecule has 3 rings (SSSR count). The molecule has 0 spiro atoms. The van der Waals surface area contributed by atoms with Crippen LogP contribution in [0.5, 0.6) is 5.75 Å². The average molecular weight is 361 g/mol. The minimum Gasteiger partial charge on any atom is -0.495 e. The van der Waals surface area contributed by atoms with Crippen LogP contribution in [0.4, 0.5) is 5.69 Å². The zero-order valence-corrected chi connectivity index (χ0v) is 16.2. The molecule has 6 heteroatoms. The van der Waals surface area contributed by atoms with Crippen LogP contribution >= 0.6 is 0 Å². The van der Waals surface area contributed by atoms with E-state index in [0.717, 1.165) is 56.9 Å². The highest BCUT2D eigenvalue weighted by Gasteiger charge is 2.36. The topological polar surface area (TPSA) is 56.8 Å². The number of methoxy groups -OCH3 is 1. The first kappa shape index (κ1) is 19.0. The second-order valence-electron chi connectivity index (χ2n) is 7.31. The summed E-state index contributed by atoms with van der Waals surface area (Å²) in [5.41, 5.74) is 1.14. The Morgan fingerprint density at radius 1 is 1.19 bits per heavy atom. The van der Waals surface area contributed by atoms with Gasteiger partial charge in [-0.25, -0.2) is 0 Å². The average Bonchev–Trinajstić information content (AvgIpc) is 2.67. The number of hydrogen-bond acceptors (Lipinski definition) is 5. The van der Waals surface area contributed by atoms with Crippen molar-refractivity contribution < 1.29 is 9.53 Å². The number of ether oxygens (including phenoxy) is 1. The molecule has 3 unspecified atom stereocenters. The second-order valence-corrected chi connectivity index (χ2v) is 7.31. The molecule has 0 saturated carbocycles. The van der Waals surface area contributed by atoms with Crippen LogP contribution in [0.2, 0.25) is 0 Å². The zero-order chi connectivity index (χ0) is 18.5. The monoisotopic (exact) mass is 360 g/mol. The molecule has 0 aromatic heterocycles. The molecule has 144 valence electrons. The number of nitrogens with one attached hydrogen (secondary N) is 2. The molecule has 0 radical (unpaired) electrons. The normalized spacial score (nSPS) is 27.3. The number of benzene rings is 1. The van der Waals surface area contributed by atoms with Crippen molar-refractivity contribution in [2.75, 3.05) is 38.2 Å². The molecule has 2 aliphatic rings. The van der Waals surface area contributed by atoms with Gasteiger partial charge in [0.15, 0.2) is 0 Å². The molecule has 1 amide bonds. The summed E-state index contributed by atoms with van der Waals surface area (Å²) in [5.74, 6) is 1.19. The fraction of sp³-hybridized carbons (Fsp3) is 0.650. The number of hydrogen-bond donors (Lipinski definition) is 2. The lowest BCUT2D eigenvalue weighted by Gasteiger charge is -2.45. The van der Waals surface area contributed by atoms with Crippen LogP contribution in [-0.4, -0.2) is 56.4 Å². The molecule has 1 aromatic carbocycles. The van der Waals surface area contributed by atoms with Crippen LogP contribution in [0.3, 0.4) is 0 Å². The molecule has 3 atom stereocenters. The van der Waals surface area contributed by atoms with Crippen molar-refractivity contribution in [3.05, 3.63) is 24.3 Å². The number of carbonyl (C=O) groups is 1. The smallest absolute Gasteiger partial charge is 0.226 e. The highest BCUT2D eigenvalue weighted by atomic mass is 16.5. The number of rotatable bonds is 6. The number of para-hydroxylation sites is 2. The Labute approximate surface area is 156 Å². The van der Waals surface area contributed by atoms with Gasteiger partial charge in [-0.3, -0.25) is 15.0 Å². The van der Waals surface area contributed by atoms with Crippen molar-refractivity contribution in [3.63, 3.8) is 0 Å². The Bertz CT molecular complexity index is 601. The maximum absolute atomic E-state index is 12.5. The molecule has 2 saturated heterocycles. The van der Waals surface area contributed by atoms with Crippen LogP contribution in [0.1, 0.15) is 33.1 Å². The van der Waals surface area contributed by atoms with E-state index in [2.05, 4.69) is 40.3 Å². The standard InChI is InChI=1S/C20H32N4O2/c1-4-5-8-16-15(2)21-20(22-19(16)25)24-13-11-23(12-14-24)17-9-6-7-10-18(17)26-3/h6-7,9-10,15-16,20-21H,4-5,8,11-14H2,1-3H3,(H,22,25). The zero-order valence-electron chi connectivity index (χ0n) is 16.2. The molecule has 1 aromatic rings. The molecule has 6 nitrogen and oxygen atoms in total. The van der Waals surface area contributed by atoms with Gasteiger partial charge in [-0.2, -0.15) is 0 Å². The van der Waals surface area contributed by atoms with Crippen LogP contribution in [0.25, 0.3) is 0 Å². The SMILES string of the molecule is CCCCC1C(=O)NC(N2CCN(c3ccccc3OC)CC2)NC1C. The Balaban J connectivity index is 1.56. The summed E-state index contributed by atoms with van der Waals surface area (Å²) in [6.45, 7) is 7.95. The summed E-state index contributed by atoms with van der Waals surface area (Å²) >= 11 is 0. The molecule has 2 fully saturated rings. The minimum atomic E-state index is -0.0600. The Morgan fingerprint density at radius 3 is 2.58 bits per heavy atom. The van der Waals surface area contributed by atoms with Crippen molar-refractivity contribution in [1.29, 1.82) is 0 Å². The van der Waals surface area contributed by atoms with E-state index >= 15 is 0 Å². The van der Waals surface area contributed by atoms with Crippen molar-refractivity contribution >= 4 is 11.6 Å². The molecular formula is C20H32N4O2. The number of anilines is 1. The summed E-state index contributed by atoms with van der Waals surface area (Å²) < 4.78 is 5.49. The Morgan fingerprint density at radius 2 is 1.92 bits per heavy atom. The second kappa shape index (κ2) is 8.73. The predicted molar refractivity (Wildman–Crippen MR) is 104 cm³/mol. The largest absolute Gasteiger partial charge is 0.495 e. The fourth-order valence-corrected chi connectivity index (χ4v) is 3.99. The van der Waals surface area contributed by atoms with E-state index in [-0.39, 0.29) is 24.2 Å². The fourth-order valence-electron chi connectivity index (χ4n) is 3.99. The number of carbonyl (C=O) groups excluding carboxylic acids is 1. The van der Waals surface area contributed by atoms with E-state index < -0.39 is 0 Å². The molecule has 0 bridgehead atoms. The number of unbranched alkanes of at least 4 members (excludes halogenated alkanes) is 1. The highest BCUT2D eigenvalue weighted by Crippen LogP contribution is 2.28. The van der Waals surface area contributed by atoms with Gasteiger partial charge in [-0.05, 0) is 25.5 Å². The van der Waals surface area contributed by atoms with Gasteiger partial charge in [-0.15, -0.1) is 0 Å². The van der Waals surface area contributed by atoms with Crippen LogP contribution in [0.15, 0.2) is 24.3 Å². The van der Waals surface area contributed by atoms with Crippen molar-refractivity contribution in [1.82, 2.24) is 15.5 Å². The lowest BCUT2D eigenvalue weighted by atomic mass is 9.92. The Kier molecular flexibility index (Phi) is 6.38.